The van der Waals surface area contributed by atoms with E-state index in [0.717, 1.165) is 0 Å². The van der Waals surface area contributed by atoms with E-state index >= 15 is 0 Å². The molecule has 92 valence electrons. The summed E-state index contributed by atoms with van der Waals surface area (Å²) >= 11 is 0. The third-order valence-corrected chi connectivity index (χ3v) is 3.71. The number of rotatable bonds is 4. The zero-order chi connectivity index (χ0) is 12.3. The second-order valence-corrected chi connectivity index (χ2v) is 5.32. The highest BCUT2D eigenvalue weighted by Gasteiger charge is 2.26. The third kappa shape index (κ3) is 3.04. The normalized spacial score (nSPS) is 20.2. The molecule has 2 rings (SSSR count). The number of cyclic esters (lactones) is 1. The molecule has 1 unspecified atom stereocenters. The Labute approximate surface area is 99.5 Å². The van der Waals surface area contributed by atoms with Crippen molar-refractivity contribution in [2.24, 2.45) is 0 Å². The Morgan fingerprint density at radius 3 is 2.59 bits per heavy atom. The summed E-state index contributed by atoms with van der Waals surface area (Å²) in [5.74, 6) is -0.310. The molecule has 0 aromatic heterocycles. The van der Waals surface area contributed by atoms with E-state index in [1.165, 1.54) is 12.1 Å². The zero-order valence-electron chi connectivity index (χ0n) is 9.03. The summed E-state index contributed by atoms with van der Waals surface area (Å²) in [5.41, 5.74) is 0. The highest BCUT2D eigenvalue weighted by atomic mass is 32.2. The molecule has 0 N–H and O–H groups in total. The van der Waals surface area contributed by atoms with E-state index in [-0.39, 0.29) is 17.5 Å². The molecular weight excluding hydrogens is 244 g/mol. The molecule has 1 aromatic rings. The fraction of sp³-hybridized carbons (Fsp3) is 0.364. The first-order valence-corrected chi connectivity index (χ1v) is 6.63. The van der Waals surface area contributed by atoms with Crippen molar-refractivity contribution in [1.29, 1.82) is 0 Å². The van der Waals surface area contributed by atoms with Gasteiger partial charge in [-0.25, -0.2) is 0 Å². The Kier molecular flexibility index (Phi) is 3.44. The van der Waals surface area contributed by atoms with E-state index in [0.29, 0.717) is 12.8 Å². The lowest BCUT2D eigenvalue weighted by Gasteiger charge is -2.09. The van der Waals surface area contributed by atoms with Crippen molar-refractivity contribution in [3.8, 4) is 0 Å². The van der Waals surface area contributed by atoms with Crippen LogP contribution in [-0.2, 0) is 23.8 Å². The van der Waals surface area contributed by atoms with Gasteiger partial charge in [-0.15, -0.1) is 0 Å². The predicted molar refractivity (Wildman–Crippen MR) is 58.7 cm³/mol. The molecule has 0 amide bonds. The number of carbonyl (C=O) groups is 1. The van der Waals surface area contributed by atoms with Crippen LogP contribution < -0.4 is 0 Å². The molecule has 1 heterocycles. The Morgan fingerprint density at radius 2 is 2.00 bits per heavy atom. The summed E-state index contributed by atoms with van der Waals surface area (Å²) in [6, 6.07) is 7.86. The lowest BCUT2D eigenvalue weighted by molar-refractivity contribution is -0.142. The van der Waals surface area contributed by atoms with E-state index in [9.17, 15) is 13.2 Å². The monoisotopic (exact) mass is 256 g/mol. The van der Waals surface area contributed by atoms with E-state index in [1.54, 1.807) is 18.2 Å². The van der Waals surface area contributed by atoms with Gasteiger partial charge in [0.25, 0.3) is 10.1 Å². The summed E-state index contributed by atoms with van der Waals surface area (Å²) in [6.45, 7) is -0.122. The predicted octanol–water partition coefficient (Wildman–Crippen LogP) is 1.10. The molecule has 0 spiro atoms. The number of carbonyl (C=O) groups excluding carboxylic acids is 1. The molecule has 1 saturated heterocycles. The van der Waals surface area contributed by atoms with Gasteiger partial charge >= 0.3 is 5.97 Å². The first kappa shape index (κ1) is 12.1. The van der Waals surface area contributed by atoms with Crippen molar-refractivity contribution in [3.63, 3.8) is 0 Å². The van der Waals surface area contributed by atoms with Gasteiger partial charge in [-0.3, -0.25) is 8.98 Å². The standard InChI is InChI=1S/C11H12O5S/c12-11-7-6-9(16-11)8-15-17(13,14)10-4-2-1-3-5-10/h1-5,9H,6-8H2. The molecule has 1 aliphatic rings. The van der Waals surface area contributed by atoms with Gasteiger partial charge < -0.3 is 4.74 Å². The number of hydrogen-bond acceptors (Lipinski definition) is 5. The van der Waals surface area contributed by atoms with Crippen LogP contribution >= 0.6 is 0 Å². The highest BCUT2D eigenvalue weighted by molar-refractivity contribution is 7.86. The van der Waals surface area contributed by atoms with Crippen LogP contribution in [0.4, 0.5) is 0 Å². The molecule has 5 nitrogen and oxygen atoms in total. The highest BCUT2D eigenvalue weighted by Crippen LogP contribution is 2.17. The van der Waals surface area contributed by atoms with Gasteiger partial charge in [0.2, 0.25) is 0 Å². The Bertz CT molecular complexity index is 494. The minimum atomic E-state index is -3.76. The quantitative estimate of drug-likeness (QED) is 0.596. The van der Waals surface area contributed by atoms with Crippen LogP contribution in [0, 0.1) is 0 Å². The summed E-state index contributed by atoms with van der Waals surface area (Å²) in [5, 5.41) is 0. The molecule has 0 aliphatic carbocycles. The fourth-order valence-electron chi connectivity index (χ4n) is 1.52. The molecule has 1 aliphatic heterocycles. The molecule has 1 atom stereocenters. The number of benzene rings is 1. The molecule has 17 heavy (non-hydrogen) atoms. The summed E-state index contributed by atoms with van der Waals surface area (Å²) in [6.07, 6.45) is 0.365. The van der Waals surface area contributed by atoms with Crippen LogP contribution in [-0.4, -0.2) is 27.1 Å². The molecule has 0 saturated carbocycles. The molecule has 6 heteroatoms. The SMILES string of the molecule is O=C1CCC(COS(=O)(=O)c2ccccc2)O1. The van der Waals surface area contributed by atoms with Gasteiger partial charge in [0.05, 0.1) is 4.90 Å². The van der Waals surface area contributed by atoms with Crippen LogP contribution in [0.25, 0.3) is 0 Å². The van der Waals surface area contributed by atoms with Gasteiger partial charge in [-0.1, -0.05) is 18.2 Å². The second-order valence-electron chi connectivity index (χ2n) is 3.70. The summed E-state index contributed by atoms with van der Waals surface area (Å²) in [4.78, 5) is 10.9. The van der Waals surface area contributed by atoms with Crippen molar-refractivity contribution >= 4 is 16.1 Å². The summed E-state index contributed by atoms with van der Waals surface area (Å²) in [7, 11) is -3.76. The first-order valence-electron chi connectivity index (χ1n) is 5.22. The van der Waals surface area contributed by atoms with E-state index in [2.05, 4.69) is 0 Å². The van der Waals surface area contributed by atoms with E-state index in [1.807, 2.05) is 0 Å². The summed E-state index contributed by atoms with van der Waals surface area (Å²) < 4.78 is 33.1. The molecular formula is C11H12O5S. The molecule has 0 radical (unpaired) electrons. The van der Waals surface area contributed by atoms with Crippen molar-refractivity contribution in [3.05, 3.63) is 30.3 Å². The third-order valence-electron chi connectivity index (χ3n) is 2.41. The molecule has 1 aromatic carbocycles. The second kappa shape index (κ2) is 4.85. The maximum atomic E-state index is 11.7. The smallest absolute Gasteiger partial charge is 0.306 e. The van der Waals surface area contributed by atoms with Crippen LogP contribution in [0.2, 0.25) is 0 Å². The zero-order valence-corrected chi connectivity index (χ0v) is 9.85. The topological polar surface area (TPSA) is 69.7 Å². The minimum Gasteiger partial charge on any atom is -0.460 e. The number of esters is 1. The van der Waals surface area contributed by atoms with Gasteiger partial charge in [0, 0.05) is 6.42 Å². The van der Waals surface area contributed by atoms with Crippen molar-refractivity contribution in [2.45, 2.75) is 23.8 Å². The number of hydrogen-bond donors (Lipinski definition) is 0. The van der Waals surface area contributed by atoms with Crippen LogP contribution in [0.1, 0.15) is 12.8 Å². The molecule has 1 fully saturated rings. The Morgan fingerprint density at radius 1 is 1.29 bits per heavy atom. The average Bonchev–Trinajstić information content (AvgIpc) is 2.74. The van der Waals surface area contributed by atoms with E-state index in [4.69, 9.17) is 8.92 Å². The van der Waals surface area contributed by atoms with Gasteiger partial charge in [-0.2, -0.15) is 8.42 Å². The maximum Gasteiger partial charge on any atom is 0.306 e. The first-order chi connectivity index (χ1) is 8.08. The van der Waals surface area contributed by atoms with Gasteiger partial charge in [-0.05, 0) is 18.6 Å². The number of ether oxygens (including phenoxy) is 1. The van der Waals surface area contributed by atoms with Crippen molar-refractivity contribution < 1.29 is 22.1 Å². The molecule has 0 bridgehead atoms. The minimum absolute atomic E-state index is 0.101. The largest absolute Gasteiger partial charge is 0.460 e. The van der Waals surface area contributed by atoms with Gasteiger partial charge in [0.15, 0.2) is 0 Å². The average molecular weight is 256 g/mol. The lowest BCUT2D eigenvalue weighted by atomic mass is 10.2. The van der Waals surface area contributed by atoms with E-state index < -0.39 is 16.2 Å². The maximum absolute atomic E-state index is 11.7. The van der Waals surface area contributed by atoms with Gasteiger partial charge in [0.1, 0.15) is 12.7 Å². The Balaban J connectivity index is 1.97. The van der Waals surface area contributed by atoms with Crippen molar-refractivity contribution in [1.82, 2.24) is 0 Å². The van der Waals surface area contributed by atoms with Crippen molar-refractivity contribution in [2.75, 3.05) is 6.61 Å². The fourth-order valence-corrected chi connectivity index (χ4v) is 2.48. The lowest BCUT2D eigenvalue weighted by Crippen LogP contribution is -2.18. The van der Waals surface area contributed by atoms with Crippen LogP contribution in [0.5, 0.6) is 0 Å². The van der Waals surface area contributed by atoms with Crippen LogP contribution in [0.3, 0.4) is 0 Å². The van der Waals surface area contributed by atoms with Crippen LogP contribution in [0.15, 0.2) is 35.2 Å². The Hall–Kier alpha value is -1.40.